The van der Waals surface area contributed by atoms with E-state index < -0.39 is 0 Å². The highest BCUT2D eigenvalue weighted by Crippen LogP contribution is 2.29. The molecule has 0 radical (unpaired) electrons. The Labute approximate surface area is 123 Å². The van der Waals surface area contributed by atoms with E-state index in [4.69, 9.17) is 4.74 Å². The lowest BCUT2D eigenvalue weighted by molar-refractivity contribution is -0.137. The van der Waals surface area contributed by atoms with Gasteiger partial charge in [0.2, 0.25) is 0 Å². The molecule has 0 amide bonds. The van der Waals surface area contributed by atoms with E-state index in [1.807, 2.05) is 6.92 Å². The van der Waals surface area contributed by atoms with Gasteiger partial charge in [0.15, 0.2) is 0 Å². The lowest BCUT2D eigenvalue weighted by atomic mass is 9.96. The summed E-state index contributed by atoms with van der Waals surface area (Å²) in [5, 5.41) is 0. The second kappa shape index (κ2) is 8.78. The first-order valence-electron chi connectivity index (χ1n) is 7.77. The number of carbonyl (C=O) groups excluding carboxylic acids is 1. The van der Waals surface area contributed by atoms with Gasteiger partial charge >= 0.3 is 5.97 Å². The van der Waals surface area contributed by atoms with Crippen molar-refractivity contribution in [2.45, 2.75) is 59.8 Å². The molecule has 0 fully saturated rings. The van der Waals surface area contributed by atoms with E-state index in [1.165, 1.54) is 11.1 Å². The van der Waals surface area contributed by atoms with Gasteiger partial charge in [-0.05, 0) is 57.4 Å². The Balaban J connectivity index is 2.47. The maximum atomic E-state index is 11.4. The quantitative estimate of drug-likeness (QED) is 0.373. The molecule has 2 nitrogen and oxygen atoms in total. The van der Waals surface area contributed by atoms with Crippen molar-refractivity contribution >= 4 is 5.97 Å². The molecular weight excluding hydrogens is 248 g/mol. The van der Waals surface area contributed by atoms with Crippen LogP contribution in [-0.2, 0) is 9.53 Å². The van der Waals surface area contributed by atoms with Crippen molar-refractivity contribution in [1.82, 2.24) is 0 Å². The fourth-order valence-corrected chi connectivity index (χ4v) is 2.40. The maximum Gasteiger partial charge on any atom is 0.331 e. The lowest BCUT2D eigenvalue weighted by Crippen LogP contribution is -1.99. The zero-order valence-electron chi connectivity index (χ0n) is 13.4. The van der Waals surface area contributed by atoms with Crippen LogP contribution in [0.15, 0.2) is 34.9 Å². The van der Waals surface area contributed by atoms with Crippen molar-refractivity contribution in [1.29, 1.82) is 0 Å². The zero-order chi connectivity index (χ0) is 15.0. The Kier molecular flexibility index (Phi) is 7.35. The molecule has 0 aliphatic heterocycles. The van der Waals surface area contributed by atoms with Gasteiger partial charge in [-0.15, -0.1) is 0 Å². The van der Waals surface area contributed by atoms with Crippen molar-refractivity contribution in [2.24, 2.45) is 5.92 Å². The van der Waals surface area contributed by atoms with Crippen molar-refractivity contribution in [3.8, 4) is 0 Å². The Hall–Kier alpha value is -1.31. The zero-order valence-corrected chi connectivity index (χ0v) is 13.4. The summed E-state index contributed by atoms with van der Waals surface area (Å²) in [5.41, 5.74) is 4.06. The molecule has 1 rings (SSSR count). The van der Waals surface area contributed by atoms with Crippen molar-refractivity contribution < 1.29 is 9.53 Å². The second-order valence-electron chi connectivity index (χ2n) is 5.72. The molecule has 0 bridgehead atoms. The average molecular weight is 276 g/mol. The van der Waals surface area contributed by atoms with Gasteiger partial charge in [-0.1, -0.05) is 37.1 Å². The van der Waals surface area contributed by atoms with Crippen LogP contribution in [0.25, 0.3) is 0 Å². The predicted octanol–water partition coefficient (Wildman–Crippen LogP) is 4.97. The van der Waals surface area contributed by atoms with E-state index in [-0.39, 0.29) is 5.97 Å². The molecule has 112 valence electrons. The standard InChI is InChI=1S/C18H28O2/c1-5-14(3)7-8-15(4)11-16-9-10-17(12-16)13-18(19)20-6-2/h7,12-13,15H,5-6,8-11H2,1-4H3/b14-7+,17-13+. The highest BCUT2D eigenvalue weighted by Gasteiger charge is 2.13. The SMILES string of the molecule is CCOC(=O)/C=C1/C=C(CC(C)C/C=C(\C)CC)CC1. The van der Waals surface area contributed by atoms with E-state index >= 15 is 0 Å². The Morgan fingerprint density at radius 2 is 2.15 bits per heavy atom. The van der Waals surface area contributed by atoms with Gasteiger partial charge in [-0.3, -0.25) is 0 Å². The third-order valence-corrected chi connectivity index (χ3v) is 3.75. The highest BCUT2D eigenvalue weighted by molar-refractivity contribution is 5.83. The molecule has 0 N–H and O–H groups in total. The first-order valence-corrected chi connectivity index (χ1v) is 7.77. The number of carbonyl (C=O) groups is 1. The molecule has 0 saturated heterocycles. The lowest BCUT2D eigenvalue weighted by Gasteiger charge is -2.09. The number of esters is 1. The van der Waals surface area contributed by atoms with Crippen LogP contribution in [0.5, 0.6) is 0 Å². The van der Waals surface area contributed by atoms with E-state index in [2.05, 4.69) is 32.9 Å². The number of hydrogen-bond acceptors (Lipinski definition) is 2. The summed E-state index contributed by atoms with van der Waals surface area (Å²) in [6.45, 7) is 8.97. The van der Waals surface area contributed by atoms with Crippen molar-refractivity contribution in [3.05, 3.63) is 34.9 Å². The van der Waals surface area contributed by atoms with Gasteiger partial charge < -0.3 is 4.74 Å². The van der Waals surface area contributed by atoms with Gasteiger partial charge in [-0.2, -0.15) is 0 Å². The Bertz CT molecular complexity index is 413. The first kappa shape index (κ1) is 16.7. The van der Waals surface area contributed by atoms with Gasteiger partial charge in [0.25, 0.3) is 0 Å². The summed E-state index contributed by atoms with van der Waals surface area (Å²) in [6.07, 6.45) is 11.7. The number of rotatable bonds is 7. The van der Waals surface area contributed by atoms with Gasteiger partial charge in [0.1, 0.15) is 0 Å². The third-order valence-electron chi connectivity index (χ3n) is 3.75. The second-order valence-corrected chi connectivity index (χ2v) is 5.72. The molecule has 0 heterocycles. The van der Waals surface area contributed by atoms with Crippen LogP contribution in [0.1, 0.15) is 59.8 Å². The smallest absolute Gasteiger partial charge is 0.331 e. The van der Waals surface area contributed by atoms with Gasteiger partial charge in [-0.25, -0.2) is 4.79 Å². The molecule has 2 heteroatoms. The summed E-state index contributed by atoms with van der Waals surface area (Å²) in [6, 6.07) is 0. The molecule has 0 spiro atoms. The van der Waals surface area contributed by atoms with Crippen LogP contribution < -0.4 is 0 Å². The number of hydrogen-bond donors (Lipinski definition) is 0. The van der Waals surface area contributed by atoms with Crippen LogP contribution in [0.2, 0.25) is 0 Å². The molecule has 0 aromatic carbocycles. The van der Waals surface area contributed by atoms with Gasteiger partial charge in [0.05, 0.1) is 6.61 Å². The predicted molar refractivity (Wildman–Crippen MR) is 84.5 cm³/mol. The molecular formula is C18H28O2. The Morgan fingerprint density at radius 1 is 1.40 bits per heavy atom. The third kappa shape index (κ3) is 6.23. The molecule has 0 saturated carbocycles. The van der Waals surface area contributed by atoms with Crippen molar-refractivity contribution in [3.63, 3.8) is 0 Å². The fourth-order valence-electron chi connectivity index (χ4n) is 2.40. The molecule has 20 heavy (non-hydrogen) atoms. The van der Waals surface area contributed by atoms with E-state index in [1.54, 1.807) is 6.08 Å². The summed E-state index contributed by atoms with van der Waals surface area (Å²) in [4.78, 5) is 11.4. The molecule has 0 aromatic heterocycles. The number of allylic oxidation sites excluding steroid dienone is 5. The van der Waals surface area contributed by atoms with E-state index in [9.17, 15) is 4.79 Å². The van der Waals surface area contributed by atoms with Crippen LogP contribution in [0.3, 0.4) is 0 Å². The summed E-state index contributed by atoms with van der Waals surface area (Å²) >= 11 is 0. The molecule has 1 aliphatic rings. The summed E-state index contributed by atoms with van der Waals surface area (Å²) in [5.74, 6) is 0.458. The summed E-state index contributed by atoms with van der Waals surface area (Å²) in [7, 11) is 0. The molecule has 1 atom stereocenters. The number of ether oxygens (including phenoxy) is 1. The normalized spacial score (nSPS) is 19.1. The average Bonchev–Trinajstić information content (AvgIpc) is 2.83. The summed E-state index contributed by atoms with van der Waals surface area (Å²) < 4.78 is 4.95. The van der Waals surface area contributed by atoms with Crippen LogP contribution >= 0.6 is 0 Å². The van der Waals surface area contributed by atoms with Crippen molar-refractivity contribution in [2.75, 3.05) is 6.61 Å². The molecule has 0 aromatic rings. The van der Waals surface area contributed by atoms with Crippen LogP contribution in [-0.4, -0.2) is 12.6 Å². The monoisotopic (exact) mass is 276 g/mol. The highest BCUT2D eigenvalue weighted by atomic mass is 16.5. The topological polar surface area (TPSA) is 26.3 Å². The fraction of sp³-hybridized carbons (Fsp3) is 0.611. The maximum absolute atomic E-state index is 11.4. The van der Waals surface area contributed by atoms with Gasteiger partial charge in [0, 0.05) is 6.08 Å². The van der Waals surface area contributed by atoms with E-state index in [0.717, 1.165) is 37.7 Å². The van der Waals surface area contributed by atoms with Crippen LogP contribution in [0.4, 0.5) is 0 Å². The molecule has 1 aliphatic carbocycles. The minimum absolute atomic E-state index is 0.213. The minimum atomic E-state index is -0.213. The van der Waals surface area contributed by atoms with Crippen LogP contribution in [0, 0.1) is 5.92 Å². The van der Waals surface area contributed by atoms with E-state index in [0.29, 0.717) is 12.5 Å². The largest absolute Gasteiger partial charge is 0.463 e. The molecule has 1 unspecified atom stereocenters. The first-order chi connectivity index (χ1) is 9.55. The Morgan fingerprint density at radius 3 is 2.80 bits per heavy atom. The minimum Gasteiger partial charge on any atom is -0.463 e.